The molecular formula is C16H19N3O2. The van der Waals surface area contributed by atoms with E-state index in [0.717, 1.165) is 16.5 Å². The van der Waals surface area contributed by atoms with E-state index in [-0.39, 0.29) is 12.1 Å². The van der Waals surface area contributed by atoms with E-state index in [9.17, 15) is 9.90 Å². The van der Waals surface area contributed by atoms with Crippen LogP contribution in [0.2, 0.25) is 0 Å². The lowest BCUT2D eigenvalue weighted by Gasteiger charge is -2.26. The molecule has 1 fully saturated rings. The Bertz CT molecular complexity index is 654. The molecule has 2 aromatic carbocycles. The zero-order chi connectivity index (χ0) is 14.8. The lowest BCUT2D eigenvalue weighted by molar-refractivity contribution is 0.115. The number of amides is 2. The predicted octanol–water partition coefficient (Wildman–Crippen LogP) is 1.64. The monoisotopic (exact) mass is 285 g/mol. The fourth-order valence-electron chi connectivity index (χ4n) is 2.73. The molecule has 1 aliphatic rings. The number of carbonyl (C=O) groups is 1. The highest BCUT2D eigenvalue weighted by molar-refractivity contribution is 6.01. The number of nitrogens with one attached hydrogen (secondary N) is 2. The largest absolute Gasteiger partial charge is 0.390 e. The molecule has 1 heterocycles. The number of aliphatic hydroxyl groups excluding tert-OH is 1. The summed E-state index contributed by atoms with van der Waals surface area (Å²) in [6, 6.07) is 13.3. The average Bonchev–Trinajstić information content (AvgIpc) is 2.93. The molecule has 1 saturated heterocycles. The summed E-state index contributed by atoms with van der Waals surface area (Å²) < 4.78 is 0. The molecule has 3 rings (SSSR count). The fourth-order valence-corrected chi connectivity index (χ4v) is 2.73. The number of aliphatic hydroxyl groups is 1. The Morgan fingerprint density at radius 3 is 2.76 bits per heavy atom. The van der Waals surface area contributed by atoms with Crippen molar-refractivity contribution < 1.29 is 9.90 Å². The fraction of sp³-hybridized carbons (Fsp3) is 0.312. The number of carbonyl (C=O) groups excluding carboxylic acids is 1. The first-order valence-electron chi connectivity index (χ1n) is 7.07. The lowest BCUT2D eigenvalue weighted by atomic mass is 10.1. The minimum Gasteiger partial charge on any atom is -0.390 e. The molecule has 5 nitrogen and oxygen atoms in total. The molecule has 5 heteroatoms. The quantitative estimate of drug-likeness (QED) is 0.786. The Balaban J connectivity index is 1.80. The van der Waals surface area contributed by atoms with E-state index in [1.54, 1.807) is 11.9 Å². The van der Waals surface area contributed by atoms with Gasteiger partial charge < -0.3 is 20.6 Å². The van der Waals surface area contributed by atoms with Crippen LogP contribution in [-0.4, -0.2) is 48.3 Å². The Labute approximate surface area is 123 Å². The second kappa shape index (κ2) is 5.71. The van der Waals surface area contributed by atoms with Gasteiger partial charge in [-0.05, 0) is 11.5 Å². The normalized spacial score (nSPS) is 21.4. The lowest BCUT2D eigenvalue weighted by Crippen LogP contribution is -2.46. The minimum absolute atomic E-state index is 0.194. The van der Waals surface area contributed by atoms with E-state index in [0.29, 0.717) is 13.1 Å². The SMILES string of the molecule is CN(C(=O)Nc1cccc2ccccc12)[C@@H]1CNC[C@H]1O. The van der Waals surface area contributed by atoms with E-state index >= 15 is 0 Å². The van der Waals surface area contributed by atoms with E-state index < -0.39 is 6.10 Å². The second-order valence-electron chi connectivity index (χ2n) is 5.36. The molecule has 21 heavy (non-hydrogen) atoms. The molecule has 0 aliphatic carbocycles. The van der Waals surface area contributed by atoms with Gasteiger partial charge in [0, 0.05) is 25.5 Å². The number of nitrogens with zero attached hydrogens (tertiary/aromatic N) is 1. The number of benzene rings is 2. The Morgan fingerprint density at radius 2 is 2.00 bits per heavy atom. The molecule has 2 amide bonds. The summed E-state index contributed by atoms with van der Waals surface area (Å²) in [5.74, 6) is 0. The van der Waals surface area contributed by atoms with E-state index in [4.69, 9.17) is 0 Å². The van der Waals surface area contributed by atoms with Gasteiger partial charge in [-0.15, -0.1) is 0 Å². The number of anilines is 1. The van der Waals surface area contributed by atoms with Crippen molar-refractivity contribution in [3.63, 3.8) is 0 Å². The maximum atomic E-state index is 12.4. The van der Waals surface area contributed by atoms with Gasteiger partial charge in [0.15, 0.2) is 0 Å². The van der Waals surface area contributed by atoms with Gasteiger partial charge in [-0.3, -0.25) is 0 Å². The van der Waals surface area contributed by atoms with Crippen molar-refractivity contribution in [3.05, 3.63) is 42.5 Å². The first kappa shape index (κ1) is 13.9. The molecule has 0 radical (unpaired) electrons. The van der Waals surface area contributed by atoms with Crippen LogP contribution >= 0.6 is 0 Å². The minimum atomic E-state index is -0.520. The van der Waals surface area contributed by atoms with Crippen LogP contribution in [0.1, 0.15) is 0 Å². The number of hydrogen-bond acceptors (Lipinski definition) is 3. The van der Waals surface area contributed by atoms with Gasteiger partial charge in [0.25, 0.3) is 0 Å². The summed E-state index contributed by atoms with van der Waals surface area (Å²) in [5, 5.41) is 18.0. The van der Waals surface area contributed by atoms with Gasteiger partial charge in [-0.1, -0.05) is 36.4 Å². The van der Waals surface area contributed by atoms with Crippen LogP contribution in [0.3, 0.4) is 0 Å². The van der Waals surface area contributed by atoms with Gasteiger partial charge in [-0.2, -0.15) is 0 Å². The Kier molecular flexibility index (Phi) is 3.77. The number of likely N-dealkylation sites (N-methyl/N-ethyl adjacent to an activating group) is 1. The molecule has 0 aromatic heterocycles. The van der Waals surface area contributed by atoms with Crippen molar-refractivity contribution in [2.45, 2.75) is 12.1 Å². The van der Waals surface area contributed by atoms with Gasteiger partial charge in [0.05, 0.1) is 17.8 Å². The topological polar surface area (TPSA) is 64.6 Å². The summed E-state index contributed by atoms with van der Waals surface area (Å²) in [4.78, 5) is 13.9. The van der Waals surface area contributed by atoms with Crippen LogP contribution in [-0.2, 0) is 0 Å². The smallest absolute Gasteiger partial charge is 0.321 e. The predicted molar refractivity (Wildman–Crippen MR) is 83.4 cm³/mol. The standard InChI is InChI=1S/C16H19N3O2/c1-19(14-9-17-10-15(14)20)16(21)18-13-8-4-6-11-5-2-3-7-12(11)13/h2-8,14-15,17,20H,9-10H2,1H3,(H,18,21)/t14-,15-/m1/s1. The van der Waals surface area contributed by atoms with Gasteiger partial charge >= 0.3 is 6.03 Å². The molecule has 2 atom stereocenters. The summed E-state index contributed by atoms with van der Waals surface area (Å²) in [6.07, 6.45) is -0.520. The highest BCUT2D eigenvalue weighted by Crippen LogP contribution is 2.23. The molecule has 2 aromatic rings. The van der Waals surface area contributed by atoms with Crippen LogP contribution in [0.5, 0.6) is 0 Å². The highest BCUT2D eigenvalue weighted by Gasteiger charge is 2.31. The highest BCUT2D eigenvalue weighted by atomic mass is 16.3. The zero-order valence-corrected chi connectivity index (χ0v) is 11.9. The van der Waals surface area contributed by atoms with Crippen LogP contribution in [0.15, 0.2) is 42.5 Å². The van der Waals surface area contributed by atoms with Crippen LogP contribution in [0.4, 0.5) is 10.5 Å². The van der Waals surface area contributed by atoms with E-state index in [2.05, 4.69) is 10.6 Å². The first-order valence-corrected chi connectivity index (χ1v) is 7.07. The number of β-amino-alcohol motifs (C(OH)–C–C–N with tert-alkyl or cyclic N) is 1. The van der Waals surface area contributed by atoms with Gasteiger partial charge in [0.1, 0.15) is 0 Å². The molecule has 3 N–H and O–H groups in total. The second-order valence-corrected chi connectivity index (χ2v) is 5.36. The third-order valence-corrected chi connectivity index (χ3v) is 4.00. The Morgan fingerprint density at radius 1 is 1.24 bits per heavy atom. The van der Waals surface area contributed by atoms with Crippen molar-refractivity contribution in [1.82, 2.24) is 10.2 Å². The summed E-state index contributed by atoms with van der Waals surface area (Å²) >= 11 is 0. The van der Waals surface area contributed by atoms with Crippen molar-refractivity contribution in [3.8, 4) is 0 Å². The van der Waals surface area contributed by atoms with Gasteiger partial charge in [-0.25, -0.2) is 4.79 Å². The molecule has 1 aliphatic heterocycles. The third kappa shape index (κ3) is 2.70. The van der Waals surface area contributed by atoms with Crippen LogP contribution in [0.25, 0.3) is 10.8 Å². The molecule has 0 unspecified atom stereocenters. The average molecular weight is 285 g/mol. The maximum absolute atomic E-state index is 12.4. The molecule has 0 bridgehead atoms. The van der Waals surface area contributed by atoms with Crippen LogP contribution < -0.4 is 10.6 Å². The van der Waals surface area contributed by atoms with Crippen molar-refractivity contribution in [1.29, 1.82) is 0 Å². The van der Waals surface area contributed by atoms with E-state index in [1.165, 1.54) is 0 Å². The number of rotatable bonds is 2. The molecule has 0 saturated carbocycles. The summed E-state index contributed by atoms with van der Waals surface area (Å²) in [5.41, 5.74) is 0.783. The van der Waals surface area contributed by atoms with E-state index in [1.807, 2.05) is 42.5 Å². The number of hydrogen-bond donors (Lipinski definition) is 3. The van der Waals surface area contributed by atoms with Crippen LogP contribution in [0, 0.1) is 0 Å². The summed E-state index contributed by atoms with van der Waals surface area (Å²) in [7, 11) is 1.71. The molecular weight excluding hydrogens is 266 g/mol. The number of fused-ring (bicyclic) bond motifs is 1. The third-order valence-electron chi connectivity index (χ3n) is 4.00. The van der Waals surface area contributed by atoms with Gasteiger partial charge in [0.2, 0.25) is 0 Å². The summed E-state index contributed by atoms with van der Waals surface area (Å²) in [6.45, 7) is 1.14. The van der Waals surface area contributed by atoms with Crippen molar-refractivity contribution >= 4 is 22.5 Å². The van der Waals surface area contributed by atoms with Crippen molar-refractivity contribution in [2.75, 3.05) is 25.5 Å². The first-order chi connectivity index (χ1) is 10.2. The maximum Gasteiger partial charge on any atom is 0.321 e. The number of urea groups is 1. The molecule has 0 spiro atoms. The molecule has 110 valence electrons. The zero-order valence-electron chi connectivity index (χ0n) is 11.9. The Hall–Kier alpha value is -2.11. The van der Waals surface area contributed by atoms with Crippen molar-refractivity contribution in [2.24, 2.45) is 0 Å².